The van der Waals surface area contributed by atoms with E-state index in [4.69, 9.17) is 17.3 Å². The van der Waals surface area contributed by atoms with Crippen molar-refractivity contribution >= 4 is 28.3 Å². The second-order valence-corrected chi connectivity index (χ2v) is 5.35. The van der Waals surface area contributed by atoms with Crippen LogP contribution in [-0.2, 0) is 19.9 Å². The lowest BCUT2D eigenvalue weighted by Gasteiger charge is -2.04. The Kier molecular flexibility index (Phi) is 3.36. The molecule has 0 saturated heterocycles. The summed E-state index contributed by atoms with van der Waals surface area (Å²) in [5, 5.41) is 0.743. The fraction of sp³-hybridized carbons (Fsp3) is 0.188. The molecule has 0 amide bonds. The normalized spacial score (nSPS) is 11.1. The summed E-state index contributed by atoms with van der Waals surface area (Å²) in [7, 11) is 2.01. The third kappa shape index (κ3) is 2.37. The van der Waals surface area contributed by atoms with Gasteiger partial charge in [0.05, 0.1) is 16.1 Å². The first-order chi connectivity index (χ1) is 9.65. The minimum atomic E-state index is 0.743. The summed E-state index contributed by atoms with van der Waals surface area (Å²) in [6, 6.07) is 13.8. The molecule has 0 atom stereocenters. The van der Waals surface area contributed by atoms with E-state index in [1.165, 1.54) is 5.56 Å². The van der Waals surface area contributed by atoms with Gasteiger partial charge in [-0.15, -0.1) is 0 Å². The van der Waals surface area contributed by atoms with Crippen LogP contribution in [0.15, 0.2) is 42.5 Å². The number of imidazole rings is 1. The van der Waals surface area contributed by atoms with Crippen molar-refractivity contribution in [1.29, 1.82) is 0 Å². The van der Waals surface area contributed by atoms with Crippen LogP contribution < -0.4 is 5.73 Å². The highest BCUT2D eigenvalue weighted by Gasteiger charge is 2.10. The van der Waals surface area contributed by atoms with Crippen LogP contribution in [0.3, 0.4) is 0 Å². The van der Waals surface area contributed by atoms with Gasteiger partial charge in [0, 0.05) is 19.2 Å². The van der Waals surface area contributed by atoms with E-state index in [2.05, 4.69) is 15.6 Å². The maximum absolute atomic E-state index is 6.24. The van der Waals surface area contributed by atoms with Crippen LogP contribution in [0.4, 0.5) is 5.69 Å². The molecule has 1 aromatic heterocycles. The Bertz CT molecular complexity index is 762. The zero-order valence-corrected chi connectivity index (χ0v) is 12.1. The zero-order valence-electron chi connectivity index (χ0n) is 11.3. The molecule has 2 N–H and O–H groups in total. The first-order valence-electron chi connectivity index (χ1n) is 6.59. The van der Waals surface area contributed by atoms with Crippen LogP contribution in [0.2, 0.25) is 5.02 Å². The molecule has 102 valence electrons. The van der Waals surface area contributed by atoms with Crippen molar-refractivity contribution in [3.8, 4) is 0 Å². The SMILES string of the molecule is Cn1c(CCc2cccc(N)c2)nc2cccc(Cl)c21. The highest BCUT2D eigenvalue weighted by Crippen LogP contribution is 2.24. The summed E-state index contributed by atoms with van der Waals surface area (Å²) in [6.07, 6.45) is 1.78. The van der Waals surface area contributed by atoms with Gasteiger partial charge in [-0.05, 0) is 36.2 Å². The molecule has 0 bridgehead atoms. The molecule has 3 aromatic rings. The third-order valence-electron chi connectivity index (χ3n) is 3.53. The van der Waals surface area contributed by atoms with Gasteiger partial charge in [-0.3, -0.25) is 0 Å². The standard InChI is InChI=1S/C16H16ClN3/c1-20-15(9-8-11-4-2-5-12(18)10-11)19-14-7-3-6-13(17)16(14)20/h2-7,10H,8-9,18H2,1H3. The van der Waals surface area contributed by atoms with Gasteiger partial charge in [-0.25, -0.2) is 4.98 Å². The van der Waals surface area contributed by atoms with Crippen molar-refractivity contribution in [2.45, 2.75) is 12.8 Å². The van der Waals surface area contributed by atoms with Gasteiger partial charge in [0.2, 0.25) is 0 Å². The number of halogens is 1. The zero-order chi connectivity index (χ0) is 14.1. The number of fused-ring (bicyclic) bond motifs is 1. The van der Waals surface area contributed by atoms with Crippen molar-refractivity contribution in [1.82, 2.24) is 9.55 Å². The molecule has 0 fully saturated rings. The Balaban J connectivity index is 1.88. The lowest BCUT2D eigenvalue weighted by Crippen LogP contribution is -2.01. The highest BCUT2D eigenvalue weighted by molar-refractivity contribution is 6.35. The van der Waals surface area contributed by atoms with E-state index in [0.29, 0.717) is 0 Å². The van der Waals surface area contributed by atoms with E-state index in [1.807, 2.05) is 43.4 Å². The molecular formula is C16H16ClN3. The quantitative estimate of drug-likeness (QED) is 0.747. The van der Waals surface area contributed by atoms with Crippen molar-refractivity contribution in [3.05, 3.63) is 58.9 Å². The van der Waals surface area contributed by atoms with Crippen molar-refractivity contribution in [2.75, 3.05) is 5.73 Å². The van der Waals surface area contributed by atoms with Gasteiger partial charge in [0.25, 0.3) is 0 Å². The fourth-order valence-corrected chi connectivity index (χ4v) is 2.79. The number of nitrogen functional groups attached to an aromatic ring is 1. The van der Waals surface area contributed by atoms with Crippen molar-refractivity contribution in [2.24, 2.45) is 7.05 Å². The summed E-state index contributed by atoms with van der Waals surface area (Å²) >= 11 is 6.24. The Labute approximate surface area is 123 Å². The summed E-state index contributed by atoms with van der Waals surface area (Å²) in [4.78, 5) is 4.66. The van der Waals surface area contributed by atoms with Crippen LogP contribution in [0.25, 0.3) is 11.0 Å². The minimum absolute atomic E-state index is 0.743. The molecule has 0 aliphatic rings. The number of aryl methyl sites for hydroxylation is 3. The number of aromatic nitrogens is 2. The van der Waals surface area contributed by atoms with E-state index >= 15 is 0 Å². The summed E-state index contributed by atoms with van der Waals surface area (Å²) in [5.74, 6) is 1.04. The van der Waals surface area contributed by atoms with Crippen molar-refractivity contribution in [3.63, 3.8) is 0 Å². The molecule has 0 saturated carbocycles. The molecule has 3 rings (SSSR count). The monoisotopic (exact) mass is 285 g/mol. The predicted molar refractivity (Wildman–Crippen MR) is 84.0 cm³/mol. The molecule has 2 aromatic carbocycles. The molecule has 0 radical (unpaired) electrons. The molecular weight excluding hydrogens is 270 g/mol. The number of hydrogen-bond donors (Lipinski definition) is 1. The molecule has 0 aliphatic heterocycles. The molecule has 0 unspecified atom stereocenters. The maximum Gasteiger partial charge on any atom is 0.109 e. The van der Waals surface area contributed by atoms with Crippen molar-refractivity contribution < 1.29 is 0 Å². The Morgan fingerprint density at radius 1 is 1.15 bits per heavy atom. The average Bonchev–Trinajstić information content (AvgIpc) is 2.75. The summed E-state index contributed by atoms with van der Waals surface area (Å²) in [6.45, 7) is 0. The largest absolute Gasteiger partial charge is 0.399 e. The number of nitrogens with zero attached hydrogens (tertiary/aromatic N) is 2. The average molecular weight is 286 g/mol. The second-order valence-electron chi connectivity index (χ2n) is 4.94. The molecule has 4 heteroatoms. The van der Waals surface area contributed by atoms with Gasteiger partial charge in [-0.2, -0.15) is 0 Å². The lowest BCUT2D eigenvalue weighted by atomic mass is 10.1. The van der Waals surface area contributed by atoms with E-state index in [9.17, 15) is 0 Å². The van der Waals surface area contributed by atoms with E-state index in [1.54, 1.807) is 0 Å². The van der Waals surface area contributed by atoms with E-state index in [0.717, 1.165) is 40.4 Å². The Morgan fingerprint density at radius 3 is 2.70 bits per heavy atom. The predicted octanol–water partition coefficient (Wildman–Crippen LogP) is 3.59. The minimum Gasteiger partial charge on any atom is -0.399 e. The van der Waals surface area contributed by atoms with Crippen LogP contribution in [0.5, 0.6) is 0 Å². The van der Waals surface area contributed by atoms with E-state index in [-0.39, 0.29) is 0 Å². The molecule has 0 aliphatic carbocycles. The Hall–Kier alpha value is -2.00. The summed E-state index contributed by atoms with van der Waals surface area (Å²) in [5.41, 5.74) is 9.77. The molecule has 1 heterocycles. The van der Waals surface area contributed by atoms with Gasteiger partial charge in [0.15, 0.2) is 0 Å². The highest BCUT2D eigenvalue weighted by atomic mass is 35.5. The number of benzene rings is 2. The van der Waals surface area contributed by atoms with Crippen LogP contribution in [-0.4, -0.2) is 9.55 Å². The van der Waals surface area contributed by atoms with Gasteiger partial charge >= 0.3 is 0 Å². The first kappa shape index (κ1) is 13.0. The summed E-state index contributed by atoms with van der Waals surface area (Å²) < 4.78 is 2.07. The third-order valence-corrected chi connectivity index (χ3v) is 3.83. The maximum atomic E-state index is 6.24. The smallest absolute Gasteiger partial charge is 0.109 e. The van der Waals surface area contributed by atoms with Gasteiger partial charge < -0.3 is 10.3 Å². The Morgan fingerprint density at radius 2 is 1.95 bits per heavy atom. The molecule has 20 heavy (non-hydrogen) atoms. The van der Waals surface area contributed by atoms with Crippen LogP contribution >= 0.6 is 11.6 Å². The first-order valence-corrected chi connectivity index (χ1v) is 6.97. The van der Waals surface area contributed by atoms with Crippen LogP contribution in [0, 0.1) is 0 Å². The van der Waals surface area contributed by atoms with Gasteiger partial charge in [-0.1, -0.05) is 29.8 Å². The van der Waals surface area contributed by atoms with Gasteiger partial charge in [0.1, 0.15) is 5.82 Å². The number of hydrogen-bond acceptors (Lipinski definition) is 2. The second kappa shape index (κ2) is 5.17. The fourth-order valence-electron chi connectivity index (χ4n) is 2.50. The molecule has 0 spiro atoms. The van der Waals surface area contributed by atoms with Crippen LogP contribution in [0.1, 0.15) is 11.4 Å². The number of anilines is 1. The topological polar surface area (TPSA) is 43.8 Å². The number of nitrogens with two attached hydrogens (primary N) is 1. The number of para-hydroxylation sites is 1. The lowest BCUT2D eigenvalue weighted by molar-refractivity contribution is 0.787. The van der Waals surface area contributed by atoms with E-state index < -0.39 is 0 Å². The molecule has 3 nitrogen and oxygen atoms in total. The number of rotatable bonds is 3.